The molecular formula is C22H19O2-. The minimum absolute atomic E-state index is 0.165. The Bertz CT molecular complexity index is 1000. The molecule has 2 nitrogen and oxygen atoms in total. The molecule has 0 aliphatic heterocycles. The van der Waals surface area contributed by atoms with Crippen LogP contribution in [0.5, 0.6) is 0 Å². The average Bonchev–Trinajstić information content (AvgIpc) is 2.60. The zero-order chi connectivity index (χ0) is 16.5. The summed E-state index contributed by atoms with van der Waals surface area (Å²) >= 11 is 0. The Morgan fingerprint density at radius 2 is 1.42 bits per heavy atom. The summed E-state index contributed by atoms with van der Waals surface area (Å²) in [4.78, 5) is 10.5. The van der Waals surface area contributed by atoms with E-state index in [4.69, 9.17) is 0 Å². The highest BCUT2D eigenvalue weighted by molar-refractivity contribution is 6.23. The van der Waals surface area contributed by atoms with Gasteiger partial charge in [0, 0.05) is 5.97 Å². The van der Waals surface area contributed by atoms with Crippen LogP contribution in [0, 0.1) is 0 Å². The number of carbonyl (C=O) groups is 1. The summed E-state index contributed by atoms with van der Waals surface area (Å²) in [6, 6.07) is 19.7. The number of carboxylic acids is 1. The van der Waals surface area contributed by atoms with Gasteiger partial charge in [-0.05, 0) is 63.6 Å². The molecule has 0 aliphatic rings. The lowest BCUT2D eigenvalue weighted by Crippen LogP contribution is -2.21. The summed E-state index contributed by atoms with van der Waals surface area (Å²) in [5.41, 5.74) is 1.36. The summed E-state index contributed by atoms with van der Waals surface area (Å²) < 4.78 is 0. The number of aryl methyl sites for hydroxylation is 1. The molecule has 0 bridgehead atoms. The second kappa shape index (κ2) is 6.12. The van der Waals surface area contributed by atoms with Gasteiger partial charge in [-0.15, -0.1) is 0 Å². The van der Waals surface area contributed by atoms with Crippen LogP contribution in [0.25, 0.3) is 32.3 Å². The molecule has 0 spiro atoms. The van der Waals surface area contributed by atoms with E-state index in [-0.39, 0.29) is 6.42 Å². The molecule has 2 heteroatoms. The van der Waals surface area contributed by atoms with Crippen molar-refractivity contribution in [3.8, 4) is 0 Å². The second-order valence-electron chi connectivity index (χ2n) is 6.51. The van der Waals surface area contributed by atoms with Crippen molar-refractivity contribution < 1.29 is 9.90 Å². The zero-order valence-corrected chi connectivity index (χ0v) is 13.5. The summed E-state index contributed by atoms with van der Waals surface area (Å²) in [5.74, 6) is -0.947. The molecule has 4 rings (SSSR count). The quantitative estimate of drug-likeness (QED) is 0.390. The molecule has 0 N–H and O–H groups in total. The number of carboxylic acid groups (broad SMARTS) is 1. The first-order chi connectivity index (χ1) is 11.7. The lowest BCUT2D eigenvalue weighted by Gasteiger charge is -2.14. The van der Waals surface area contributed by atoms with Gasteiger partial charge in [0.25, 0.3) is 0 Å². The monoisotopic (exact) mass is 315 g/mol. The molecule has 4 aromatic carbocycles. The summed E-state index contributed by atoms with van der Waals surface area (Å²) in [5, 5.41) is 18.4. The first kappa shape index (κ1) is 14.9. The van der Waals surface area contributed by atoms with E-state index in [9.17, 15) is 9.90 Å². The minimum atomic E-state index is -0.947. The highest BCUT2D eigenvalue weighted by Gasteiger charge is 2.10. The van der Waals surface area contributed by atoms with E-state index in [0.29, 0.717) is 6.42 Å². The lowest BCUT2D eigenvalue weighted by molar-refractivity contribution is -0.305. The number of aliphatic carboxylic acids is 1. The summed E-state index contributed by atoms with van der Waals surface area (Å²) in [7, 11) is 0. The molecule has 0 saturated carbocycles. The van der Waals surface area contributed by atoms with Gasteiger partial charge in [-0.2, -0.15) is 0 Å². The molecule has 0 aromatic heterocycles. The maximum absolute atomic E-state index is 10.5. The van der Waals surface area contributed by atoms with Crippen LogP contribution in [0.1, 0.15) is 31.2 Å². The zero-order valence-electron chi connectivity index (χ0n) is 13.5. The Kier molecular flexibility index (Phi) is 3.81. The van der Waals surface area contributed by atoms with E-state index in [1.165, 1.54) is 37.9 Å². The van der Waals surface area contributed by atoms with Gasteiger partial charge in [-0.25, -0.2) is 0 Å². The van der Waals surface area contributed by atoms with E-state index in [2.05, 4.69) is 54.6 Å². The van der Waals surface area contributed by atoms with Crippen LogP contribution >= 0.6 is 0 Å². The van der Waals surface area contributed by atoms with Crippen molar-refractivity contribution in [2.45, 2.75) is 32.1 Å². The largest absolute Gasteiger partial charge is 0.550 e. The van der Waals surface area contributed by atoms with Gasteiger partial charge < -0.3 is 9.90 Å². The summed E-state index contributed by atoms with van der Waals surface area (Å²) in [6.45, 7) is 0. The minimum Gasteiger partial charge on any atom is -0.550 e. The maximum atomic E-state index is 10.5. The fourth-order valence-electron chi connectivity index (χ4n) is 3.78. The molecule has 0 heterocycles. The molecule has 120 valence electrons. The Morgan fingerprint density at radius 1 is 0.750 bits per heavy atom. The number of benzene rings is 4. The van der Waals surface area contributed by atoms with E-state index in [0.717, 1.165) is 19.3 Å². The van der Waals surface area contributed by atoms with Crippen molar-refractivity contribution in [3.63, 3.8) is 0 Å². The maximum Gasteiger partial charge on any atom is 0.0414 e. The van der Waals surface area contributed by atoms with Gasteiger partial charge in [0.15, 0.2) is 0 Å². The van der Waals surface area contributed by atoms with Crippen molar-refractivity contribution in [2.75, 3.05) is 0 Å². The fourth-order valence-corrected chi connectivity index (χ4v) is 3.78. The van der Waals surface area contributed by atoms with Gasteiger partial charge in [0.2, 0.25) is 0 Å². The van der Waals surface area contributed by atoms with Crippen LogP contribution in [-0.4, -0.2) is 5.97 Å². The van der Waals surface area contributed by atoms with Gasteiger partial charge in [-0.1, -0.05) is 61.0 Å². The van der Waals surface area contributed by atoms with Crippen molar-refractivity contribution >= 4 is 38.3 Å². The fraction of sp³-hybridized carbons (Fsp3) is 0.227. The Hall–Kier alpha value is -2.61. The topological polar surface area (TPSA) is 40.1 Å². The highest BCUT2D eigenvalue weighted by atomic mass is 16.4. The normalized spacial score (nSPS) is 11.7. The predicted octanol–water partition coefficient (Wildman–Crippen LogP) is 4.44. The van der Waals surface area contributed by atoms with E-state index < -0.39 is 5.97 Å². The molecule has 0 radical (unpaired) electrons. The smallest absolute Gasteiger partial charge is 0.0414 e. The van der Waals surface area contributed by atoms with Crippen LogP contribution in [0.2, 0.25) is 0 Å². The third kappa shape index (κ3) is 2.58. The van der Waals surface area contributed by atoms with Crippen molar-refractivity contribution in [3.05, 3.63) is 60.2 Å². The molecule has 0 fully saturated rings. The molecule has 4 aromatic rings. The van der Waals surface area contributed by atoms with Crippen LogP contribution < -0.4 is 5.11 Å². The van der Waals surface area contributed by atoms with Crippen LogP contribution in [0.3, 0.4) is 0 Å². The van der Waals surface area contributed by atoms with Crippen molar-refractivity contribution in [2.24, 2.45) is 0 Å². The molecular weight excluding hydrogens is 296 g/mol. The number of hydrogen-bond donors (Lipinski definition) is 0. The molecule has 0 atom stereocenters. The van der Waals surface area contributed by atoms with Crippen LogP contribution in [-0.2, 0) is 11.2 Å². The van der Waals surface area contributed by atoms with Gasteiger partial charge in [-0.3, -0.25) is 0 Å². The second-order valence-corrected chi connectivity index (χ2v) is 6.51. The van der Waals surface area contributed by atoms with Gasteiger partial charge >= 0.3 is 0 Å². The lowest BCUT2D eigenvalue weighted by atomic mass is 9.90. The van der Waals surface area contributed by atoms with E-state index >= 15 is 0 Å². The van der Waals surface area contributed by atoms with Crippen molar-refractivity contribution in [1.82, 2.24) is 0 Å². The molecule has 0 unspecified atom stereocenters. The SMILES string of the molecule is O=C([O-])CCCCCc1ccc2ccc3cccc4ccc1c2c34. The number of unbranched alkanes of at least 4 members (excludes halogenated alkanes) is 2. The average molecular weight is 315 g/mol. The predicted molar refractivity (Wildman–Crippen MR) is 97.3 cm³/mol. The Morgan fingerprint density at radius 3 is 2.17 bits per heavy atom. The molecule has 0 aliphatic carbocycles. The van der Waals surface area contributed by atoms with Crippen molar-refractivity contribution in [1.29, 1.82) is 0 Å². The van der Waals surface area contributed by atoms with Gasteiger partial charge in [0.1, 0.15) is 0 Å². The molecule has 0 saturated heterocycles. The van der Waals surface area contributed by atoms with Gasteiger partial charge in [0.05, 0.1) is 0 Å². The Labute approximate surface area is 141 Å². The number of rotatable bonds is 6. The molecule has 24 heavy (non-hydrogen) atoms. The summed E-state index contributed by atoms with van der Waals surface area (Å²) in [6.07, 6.45) is 3.79. The highest BCUT2D eigenvalue weighted by Crippen LogP contribution is 2.36. The van der Waals surface area contributed by atoms with E-state index in [1.54, 1.807) is 0 Å². The standard InChI is InChI=1S/C22H20O2/c23-20(24)8-3-1-2-5-15-9-10-18-12-11-16-6-4-7-17-13-14-19(15)22(18)21(16)17/h4,6-7,9-14H,1-3,5,8H2,(H,23,24)/p-1. The van der Waals surface area contributed by atoms with E-state index in [1.807, 2.05) is 0 Å². The Balaban J connectivity index is 1.70. The first-order valence-electron chi connectivity index (χ1n) is 8.59. The third-order valence-corrected chi connectivity index (χ3v) is 4.95. The molecule has 0 amide bonds. The number of carbonyl (C=O) groups excluding carboxylic acids is 1. The first-order valence-corrected chi connectivity index (χ1v) is 8.59. The third-order valence-electron chi connectivity index (χ3n) is 4.95. The number of hydrogen-bond acceptors (Lipinski definition) is 2. The van der Waals surface area contributed by atoms with Crippen LogP contribution in [0.4, 0.5) is 0 Å². The van der Waals surface area contributed by atoms with Crippen LogP contribution in [0.15, 0.2) is 54.6 Å².